The molecule has 4 rings (SSSR count). The molecule has 0 radical (unpaired) electrons. The molecular weight excluding hydrogens is 481 g/mol. The van der Waals surface area contributed by atoms with Gasteiger partial charge < -0.3 is 24.5 Å². The van der Waals surface area contributed by atoms with Crippen molar-refractivity contribution >= 4 is 52.5 Å². The quantitative estimate of drug-likeness (QED) is 0.568. The van der Waals surface area contributed by atoms with E-state index in [-0.39, 0.29) is 30.2 Å². The predicted molar refractivity (Wildman–Crippen MR) is 128 cm³/mol. The summed E-state index contributed by atoms with van der Waals surface area (Å²) >= 11 is 11.5. The Labute approximate surface area is 209 Å². The van der Waals surface area contributed by atoms with Gasteiger partial charge in [-0.3, -0.25) is 19.2 Å². The Hall–Kier alpha value is -2.52. The third-order valence-corrected chi connectivity index (χ3v) is 7.45. The van der Waals surface area contributed by atoms with Crippen LogP contribution in [-0.4, -0.2) is 106 Å². The van der Waals surface area contributed by atoms with Gasteiger partial charge in [-0.1, -0.05) is 41.4 Å². The van der Waals surface area contributed by atoms with Crippen molar-refractivity contribution in [3.8, 4) is 0 Å². The fourth-order valence-corrected chi connectivity index (χ4v) is 5.37. The van der Waals surface area contributed by atoms with E-state index < -0.39 is 10.4 Å². The zero-order valence-electron chi connectivity index (χ0n) is 19.2. The maximum atomic E-state index is 13.7. The van der Waals surface area contributed by atoms with Gasteiger partial charge in [-0.15, -0.1) is 0 Å². The van der Waals surface area contributed by atoms with E-state index in [0.717, 1.165) is 5.69 Å². The van der Waals surface area contributed by atoms with Gasteiger partial charge in [-0.2, -0.15) is 0 Å². The maximum absolute atomic E-state index is 13.7. The number of likely N-dealkylation sites (tertiary alicyclic amines) is 1. The van der Waals surface area contributed by atoms with E-state index >= 15 is 0 Å². The number of rotatable bonds is 4. The highest BCUT2D eigenvalue weighted by Gasteiger charge is 2.54. The van der Waals surface area contributed by atoms with Gasteiger partial charge in [0.05, 0.1) is 6.67 Å². The van der Waals surface area contributed by atoms with Crippen LogP contribution in [0.5, 0.6) is 0 Å². The number of alkyl halides is 2. The number of carbonyl (C=O) groups excluding carboxylic acids is 4. The Balaban J connectivity index is 1.49. The second-order valence-corrected chi connectivity index (χ2v) is 10.0. The van der Waals surface area contributed by atoms with E-state index in [1.54, 1.807) is 19.6 Å². The van der Waals surface area contributed by atoms with Gasteiger partial charge in [-0.25, -0.2) is 0 Å². The van der Waals surface area contributed by atoms with Crippen LogP contribution >= 0.6 is 23.2 Å². The van der Waals surface area contributed by atoms with E-state index in [1.807, 2.05) is 30.3 Å². The van der Waals surface area contributed by atoms with Crippen LogP contribution in [-0.2, 0) is 19.2 Å². The van der Waals surface area contributed by atoms with Gasteiger partial charge in [0.1, 0.15) is 12.1 Å². The molecular formula is C23H29Cl2N5O4. The normalized spacial score (nSPS) is 20.5. The van der Waals surface area contributed by atoms with E-state index in [0.29, 0.717) is 58.8 Å². The minimum Gasteiger partial charge on any atom is -0.340 e. The summed E-state index contributed by atoms with van der Waals surface area (Å²) in [5.41, 5.74) is 0.0630. The molecule has 3 fully saturated rings. The van der Waals surface area contributed by atoms with Gasteiger partial charge >= 0.3 is 0 Å². The molecule has 0 saturated carbocycles. The van der Waals surface area contributed by atoms with E-state index in [1.165, 1.54) is 6.92 Å². The molecule has 184 valence electrons. The lowest BCUT2D eigenvalue weighted by molar-refractivity contribution is -0.144. The van der Waals surface area contributed by atoms with Crippen LogP contribution in [0.3, 0.4) is 0 Å². The van der Waals surface area contributed by atoms with Gasteiger partial charge in [0.25, 0.3) is 11.8 Å². The maximum Gasteiger partial charge on any atom is 0.255 e. The molecule has 0 bridgehead atoms. The lowest BCUT2D eigenvalue weighted by atomic mass is 9.85. The van der Waals surface area contributed by atoms with Crippen LogP contribution in [0.1, 0.15) is 19.8 Å². The molecule has 1 aromatic rings. The Morgan fingerprint density at radius 2 is 1.50 bits per heavy atom. The van der Waals surface area contributed by atoms with Crippen LogP contribution in [0.4, 0.5) is 5.69 Å². The van der Waals surface area contributed by atoms with Crippen molar-refractivity contribution < 1.29 is 19.2 Å². The number of anilines is 1. The summed E-state index contributed by atoms with van der Waals surface area (Å²) in [5, 5.41) is 0. The van der Waals surface area contributed by atoms with Gasteiger partial charge in [0.15, 0.2) is 4.84 Å². The molecule has 3 heterocycles. The molecule has 0 N–H and O–H groups in total. The first-order valence-electron chi connectivity index (χ1n) is 11.5. The molecule has 9 nitrogen and oxygen atoms in total. The van der Waals surface area contributed by atoms with Crippen LogP contribution in [0.25, 0.3) is 0 Å². The van der Waals surface area contributed by atoms with Gasteiger partial charge in [0.2, 0.25) is 11.8 Å². The number of halogens is 2. The highest BCUT2D eigenvalue weighted by atomic mass is 35.5. The second-order valence-electron chi connectivity index (χ2n) is 8.95. The first-order chi connectivity index (χ1) is 16.2. The van der Waals surface area contributed by atoms with Crippen molar-refractivity contribution in [3.05, 3.63) is 30.3 Å². The lowest BCUT2D eigenvalue weighted by Gasteiger charge is -2.43. The second kappa shape index (κ2) is 10.00. The summed E-state index contributed by atoms with van der Waals surface area (Å²) in [7, 11) is 0. The number of para-hydroxylation sites is 1. The summed E-state index contributed by atoms with van der Waals surface area (Å²) in [4.78, 5) is 58.2. The number of piperazine rings is 1. The number of piperidine rings is 1. The fraction of sp³-hybridized carbons (Fsp3) is 0.565. The topological polar surface area (TPSA) is 84.5 Å². The summed E-state index contributed by atoms with van der Waals surface area (Å²) < 4.78 is 0. The minimum atomic E-state index is -1.13. The third-order valence-electron chi connectivity index (χ3n) is 7.07. The van der Waals surface area contributed by atoms with E-state index in [9.17, 15) is 19.2 Å². The monoisotopic (exact) mass is 509 g/mol. The van der Waals surface area contributed by atoms with Crippen LogP contribution < -0.4 is 4.90 Å². The molecule has 0 unspecified atom stereocenters. The fourth-order valence-electron chi connectivity index (χ4n) is 5.09. The summed E-state index contributed by atoms with van der Waals surface area (Å²) in [6, 6.07) is 9.65. The number of nitrogens with zero attached hydrogens (tertiary/aromatic N) is 5. The summed E-state index contributed by atoms with van der Waals surface area (Å²) in [6.07, 6.45) is 0.851. The summed E-state index contributed by atoms with van der Waals surface area (Å²) in [5.74, 6) is -0.581. The average molecular weight is 510 g/mol. The van der Waals surface area contributed by atoms with Crippen LogP contribution in [0.15, 0.2) is 30.3 Å². The van der Waals surface area contributed by atoms with Crippen molar-refractivity contribution in [1.29, 1.82) is 0 Å². The van der Waals surface area contributed by atoms with Crippen molar-refractivity contribution in [1.82, 2.24) is 19.6 Å². The van der Waals surface area contributed by atoms with E-state index in [4.69, 9.17) is 23.2 Å². The smallest absolute Gasteiger partial charge is 0.255 e. The highest BCUT2D eigenvalue weighted by Crippen LogP contribution is 2.39. The molecule has 3 aliphatic heterocycles. The Bertz CT molecular complexity index is 944. The zero-order valence-corrected chi connectivity index (χ0v) is 20.7. The Morgan fingerprint density at radius 1 is 0.912 bits per heavy atom. The van der Waals surface area contributed by atoms with Crippen LogP contribution in [0.2, 0.25) is 0 Å². The molecule has 1 aromatic carbocycles. The van der Waals surface area contributed by atoms with Crippen molar-refractivity contribution in [3.63, 3.8) is 0 Å². The first-order valence-corrected chi connectivity index (χ1v) is 12.3. The Kier molecular flexibility index (Phi) is 7.23. The summed E-state index contributed by atoms with van der Waals surface area (Å²) in [6.45, 7) is 4.45. The number of carbonyl (C=O) groups is 4. The predicted octanol–water partition coefficient (Wildman–Crippen LogP) is 1.15. The van der Waals surface area contributed by atoms with Gasteiger partial charge in [0, 0.05) is 51.9 Å². The zero-order chi connectivity index (χ0) is 24.5. The molecule has 0 atom stereocenters. The van der Waals surface area contributed by atoms with Crippen molar-refractivity contribution in [2.45, 2.75) is 30.1 Å². The standard InChI is InChI=1S/C23H29Cl2N5O4/c1-17(31)26-11-13-27(14-12-26)19(32)15-29-16-30(18-5-3-2-4-6-18)23(22(29)34)7-9-28(10-8-23)21(33)20(24)25/h2-6,20H,7-16H2,1H3. The lowest BCUT2D eigenvalue weighted by Crippen LogP contribution is -2.58. The van der Waals surface area contributed by atoms with Crippen molar-refractivity contribution in [2.24, 2.45) is 0 Å². The number of amides is 4. The molecule has 0 aromatic heterocycles. The number of hydrogen-bond donors (Lipinski definition) is 0. The molecule has 34 heavy (non-hydrogen) atoms. The van der Waals surface area contributed by atoms with E-state index in [2.05, 4.69) is 4.90 Å². The average Bonchev–Trinajstić information content (AvgIpc) is 3.10. The molecule has 3 aliphatic rings. The molecule has 0 aliphatic carbocycles. The van der Waals surface area contributed by atoms with Crippen molar-refractivity contribution in [2.75, 3.05) is 57.4 Å². The number of hydrogen-bond acceptors (Lipinski definition) is 5. The SMILES string of the molecule is CC(=O)N1CCN(C(=O)CN2CN(c3ccccc3)C3(CCN(C(=O)C(Cl)Cl)CC3)C2=O)CC1. The minimum absolute atomic E-state index is 0.00161. The van der Waals surface area contributed by atoms with Gasteiger partial charge in [-0.05, 0) is 25.0 Å². The van der Waals surface area contributed by atoms with Crippen LogP contribution in [0, 0.1) is 0 Å². The highest BCUT2D eigenvalue weighted by molar-refractivity contribution is 6.53. The molecule has 11 heteroatoms. The molecule has 3 saturated heterocycles. The Morgan fingerprint density at radius 3 is 2.06 bits per heavy atom. The number of benzene rings is 1. The molecule has 1 spiro atoms. The first kappa shape index (κ1) is 24.6. The largest absolute Gasteiger partial charge is 0.340 e. The third kappa shape index (κ3) is 4.68. The molecule has 4 amide bonds.